The lowest BCUT2D eigenvalue weighted by Gasteiger charge is -2.35. The van der Waals surface area contributed by atoms with Gasteiger partial charge in [0.05, 0.1) is 4.90 Å². The molecule has 0 spiro atoms. The van der Waals surface area contributed by atoms with Crippen LogP contribution in [0.5, 0.6) is 0 Å². The maximum Gasteiger partial charge on any atom is 0.254 e. The minimum atomic E-state index is -2.90. The Hall–Kier alpha value is -2.12. The van der Waals surface area contributed by atoms with Crippen LogP contribution < -0.4 is 0 Å². The van der Waals surface area contributed by atoms with E-state index in [0.29, 0.717) is 29.1 Å². The van der Waals surface area contributed by atoms with Crippen LogP contribution in [0.3, 0.4) is 0 Å². The molecule has 26 heavy (non-hydrogen) atoms. The van der Waals surface area contributed by atoms with Gasteiger partial charge in [0.15, 0.2) is 0 Å². The molecule has 0 bridgehead atoms. The smallest absolute Gasteiger partial charge is 0.254 e. The van der Waals surface area contributed by atoms with E-state index in [0.717, 1.165) is 19.6 Å². The molecule has 6 heteroatoms. The molecule has 2 aliphatic rings. The molecule has 2 aromatic rings. The van der Waals surface area contributed by atoms with Gasteiger partial charge in [-0.25, -0.2) is 0 Å². The highest BCUT2D eigenvalue weighted by Gasteiger charge is 2.29. The van der Waals surface area contributed by atoms with Crippen LogP contribution in [0.15, 0.2) is 58.8 Å². The van der Waals surface area contributed by atoms with E-state index < -0.39 is 10.6 Å². The molecule has 4 rings (SSSR count). The van der Waals surface area contributed by atoms with E-state index in [1.54, 1.807) is 24.3 Å². The fourth-order valence-corrected chi connectivity index (χ4v) is 4.77. The van der Waals surface area contributed by atoms with Gasteiger partial charge in [-0.2, -0.15) is 0 Å². The summed E-state index contributed by atoms with van der Waals surface area (Å²) in [5.41, 5.74) is 2.47. The number of benzene rings is 2. The van der Waals surface area contributed by atoms with Gasteiger partial charge >= 0.3 is 0 Å². The summed E-state index contributed by atoms with van der Waals surface area (Å²) in [7, 11) is -2.90. The maximum atomic E-state index is 13.0. The van der Waals surface area contributed by atoms with Crippen LogP contribution >= 0.6 is 10.6 Å². The molecular weight excluding hydrogens is 348 g/mol. The predicted molar refractivity (Wildman–Crippen MR) is 104 cm³/mol. The molecule has 0 unspecified atom stereocenters. The minimum absolute atomic E-state index is 0.0389. The van der Waals surface area contributed by atoms with Gasteiger partial charge in [-0.05, 0) is 23.8 Å². The third kappa shape index (κ3) is 3.29. The summed E-state index contributed by atoms with van der Waals surface area (Å²) in [6.07, 6.45) is 1.66. The van der Waals surface area contributed by atoms with Gasteiger partial charge < -0.3 is 4.90 Å². The Morgan fingerprint density at radius 3 is 2.42 bits per heavy atom. The van der Waals surface area contributed by atoms with Crippen molar-refractivity contribution in [1.82, 2.24) is 9.80 Å². The van der Waals surface area contributed by atoms with E-state index in [-0.39, 0.29) is 5.91 Å². The van der Waals surface area contributed by atoms with Gasteiger partial charge in [-0.3, -0.25) is 18.8 Å². The molecular formula is C20H22N2O3S. The second-order valence-electron chi connectivity index (χ2n) is 6.67. The van der Waals surface area contributed by atoms with Crippen molar-refractivity contribution in [3.05, 3.63) is 70.6 Å². The van der Waals surface area contributed by atoms with Gasteiger partial charge in [-0.15, -0.1) is 10.6 Å². The second-order valence-corrected chi connectivity index (χ2v) is 8.56. The molecule has 1 amide bonds. The van der Waals surface area contributed by atoms with Crippen molar-refractivity contribution in [1.29, 1.82) is 0 Å². The normalized spacial score (nSPS) is 20.0. The highest BCUT2D eigenvalue weighted by Crippen LogP contribution is 2.56. The van der Waals surface area contributed by atoms with E-state index in [2.05, 4.69) is 17.0 Å². The number of fused-ring (bicyclic) bond motifs is 1. The van der Waals surface area contributed by atoms with Crippen molar-refractivity contribution >= 4 is 22.6 Å². The zero-order valence-electron chi connectivity index (χ0n) is 14.4. The molecule has 1 fully saturated rings. The number of carbonyl (C=O) groups excluding carboxylic acids is 1. The first-order valence-electron chi connectivity index (χ1n) is 8.69. The van der Waals surface area contributed by atoms with E-state index >= 15 is 0 Å². The summed E-state index contributed by atoms with van der Waals surface area (Å²) in [5.74, 6) is -0.0389. The van der Waals surface area contributed by atoms with Crippen molar-refractivity contribution in [2.24, 2.45) is 0 Å². The van der Waals surface area contributed by atoms with Crippen LogP contribution in [0.4, 0.5) is 0 Å². The summed E-state index contributed by atoms with van der Waals surface area (Å²) >= 11 is 0. The lowest BCUT2D eigenvalue weighted by Crippen LogP contribution is -2.48. The Morgan fingerprint density at radius 2 is 1.69 bits per heavy atom. The fraction of sp³-hybridized carbons (Fsp3) is 0.250. The van der Waals surface area contributed by atoms with Gasteiger partial charge in [0.25, 0.3) is 5.91 Å². The Morgan fingerprint density at radius 1 is 0.962 bits per heavy atom. The minimum Gasteiger partial charge on any atom is -0.336 e. The van der Waals surface area contributed by atoms with Crippen molar-refractivity contribution in [2.75, 3.05) is 26.2 Å². The highest BCUT2D eigenvalue weighted by atomic mass is 32.3. The molecule has 0 aliphatic carbocycles. The number of amides is 1. The SMILES string of the molecule is O=C(c1cccc2c1C=CS2(O)O)N1CCN(Cc2ccccc2)CC1. The van der Waals surface area contributed by atoms with Gasteiger partial charge in [0.2, 0.25) is 0 Å². The Balaban J connectivity index is 1.44. The molecule has 5 nitrogen and oxygen atoms in total. The number of piperazine rings is 1. The second kappa shape index (κ2) is 6.89. The first kappa shape index (κ1) is 17.3. The molecule has 2 N–H and O–H groups in total. The van der Waals surface area contributed by atoms with E-state index in [9.17, 15) is 13.9 Å². The average Bonchev–Trinajstić information content (AvgIpc) is 2.98. The summed E-state index contributed by atoms with van der Waals surface area (Å²) < 4.78 is 20.1. The van der Waals surface area contributed by atoms with Crippen LogP contribution in [-0.2, 0) is 6.54 Å². The molecule has 0 radical (unpaired) electrons. The van der Waals surface area contributed by atoms with Gasteiger partial charge in [0, 0.05) is 49.3 Å². The number of carbonyl (C=O) groups is 1. The Bertz CT molecular complexity index is 843. The average molecular weight is 370 g/mol. The van der Waals surface area contributed by atoms with Crippen molar-refractivity contribution in [3.8, 4) is 0 Å². The third-order valence-corrected chi connectivity index (χ3v) is 6.47. The van der Waals surface area contributed by atoms with Gasteiger partial charge in [-0.1, -0.05) is 36.4 Å². The van der Waals surface area contributed by atoms with Crippen LogP contribution in [0.2, 0.25) is 0 Å². The molecule has 1 saturated heterocycles. The largest absolute Gasteiger partial charge is 0.336 e. The monoisotopic (exact) mass is 370 g/mol. The number of nitrogens with zero attached hydrogens (tertiary/aromatic N) is 2. The first-order chi connectivity index (χ1) is 12.5. The summed E-state index contributed by atoms with van der Waals surface area (Å²) in [6, 6.07) is 15.5. The number of rotatable bonds is 3. The van der Waals surface area contributed by atoms with Crippen LogP contribution in [0.25, 0.3) is 6.08 Å². The van der Waals surface area contributed by atoms with E-state index in [4.69, 9.17) is 0 Å². The molecule has 0 atom stereocenters. The number of hydrogen-bond donors (Lipinski definition) is 2. The zero-order valence-corrected chi connectivity index (χ0v) is 15.2. The van der Waals surface area contributed by atoms with Crippen LogP contribution in [0.1, 0.15) is 21.5 Å². The molecule has 0 saturated carbocycles. The lowest BCUT2D eigenvalue weighted by molar-refractivity contribution is 0.0628. The lowest BCUT2D eigenvalue weighted by atomic mass is 10.1. The molecule has 2 aliphatic heterocycles. The quantitative estimate of drug-likeness (QED) is 0.864. The van der Waals surface area contributed by atoms with Crippen molar-refractivity contribution in [3.63, 3.8) is 0 Å². The van der Waals surface area contributed by atoms with Crippen molar-refractivity contribution in [2.45, 2.75) is 11.4 Å². The summed E-state index contributed by atoms with van der Waals surface area (Å²) in [4.78, 5) is 17.6. The Labute approximate surface area is 154 Å². The predicted octanol–water partition coefficient (Wildman–Crippen LogP) is 3.74. The van der Waals surface area contributed by atoms with Crippen LogP contribution in [-0.4, -0.2) is 51.0 Å². The molecule has 136 valence electrons. The van der Waals surface area contributed by atoms with E-state index in [1.807, 2.05) is 23.1 Å². The maximum absolute atomic E-state index is 13.0. The highest BCUT2D eigenvalue weighted by molar-refractivity contribution is 8.27. The van der Waals surface area contributed by atoms with Crippen molar-refractivity contribution < 1.29 is 13.9 Å². The number of hydrogen-bond acceptors (Lipinski definition) is 4. The Kier molecular flexibility index (Phi) is 4.58. The molecule has 2 aromatic carbocycles. The first-order valence-corrected chi connectivity index (χ1v) is 10.3. The third-order valence-electron chi connectivity index (χ3n) is 4.95. The summed E-state index contributed by atoms with van der Waals surface area (Å²) in [5, 5.41) is 1.40. The van der Waals surface area contributed by atoms with Crippen LogP contribution in [0, 0.1) is 0 Å². The van der Waals surface area contributed by atoms with E-state index in [1.165, 1.54) is 11.0 Å². The fourth-order valence-electron chi connectivity index (χ4n) is 3.52. The van der Waals surface area contributed by atoms with Gasteiger partial charge in [0.1, 0.15) is 0 Å². The summed E-state index contributed by atoms with van der Waals surface area (Å²) in [6.45, 7) is 3.92. The topological polar surface area (TPSA) is 64.0 Å². The standard InChI is InChI=1S/C20H22N2O3S/c23-20(18-7-4-8-19-17(18)9-14-26(19,24)25)22-12-10-21(11-13-22)15-16-5-2-1-3-6-16/h1-9,14,24-25H,10-13,15H2. The molecule has 0 aromatic heterocycles. The zero-order chi connectivity index (χ0) is 18.1. The molecule has 2 heterocycles.